The second kappa shape index (κ2) is 5.26. The summed E-state index contributed by atoms with van der Waals surface area (Å²) in [6.45, 7) is 1.51. The van der Waals surface area contributed by atoms with Crippen molar-refractivity contribution in [1.29, 1.82) is 0 Å². The lowest BCUT2D eigenvalue weighted by molar-refractivity contribution is -0.104. The molecule has 3 N–H and O–H groups in total. The highest BCUT2D eigenvalue weighted by Gasteiger charge is 2.28. The quantitative estimate of drug-likeness (QED) is 0.650. The Morgan fingerprint density at radius 2 is 2.26 bits per heavy atom. The van der Waals surface area contributed by atoms with E-state index in [-0.39, 0.29) is 23.5 Å². The van der Waals surface area contributed by atoms with Crippen LogP contribution in [0.2, 0.25) is 0 Å². The Morgan fingerprint density at radius 3 is 2.95 bits per heavy atom. The third kappa shape index (κ3) is 2.35. The largest absolute Gasteiger partial charge is 0.456 e. The minimum Gasteiger partial charge on any atom is -0.456 e. The van der Waals surface area contributed by atoms with Gasteiger partial charge in [0.2, 0.25) is 0 Å². The van der Waals surface area contributed by atoms with Gasteiger partial charge in [-0.1, -0.05) is 12.1 Å². The van der Waals surface area contributed by atoms with Crippen LogP contribution >= 0.6 is 0 Å². The number of nitrogens with one attached hydrogen (secondary N) is 1. The number of halogens is 1. The van der Waals surface area contributed by atoms with E-state index in [1.165, 1.54) is 6.07 Å². The maximum Gasteiger partial charge on any atom is 0.169 e. The van der Waals surface area contributed by atoms with E-state index in [1.54, 1.807) is 18.2 Å². The molecule has 6 heteroatoms. The highest BCUT2D eigenvalue weighted by atomic mass is 19.1. The standard InChI is InChI=1S/C13H15FN2O3/c14-9-3-1-2-8-6-10(19-13(8)9)12(16-15)11-7-17-4-5-18-11/h1-3,6,11-12,16H,4-5,7,15H2. The molecule has 1 aromatic carbocycles. The minimum atomic E-state index is -0.389. The summed E-state index contributed by atoms with van der Waals surface area (Å²) in [6.07, 6.45) is -0.248. The molecule has 0 amide bonds. The normalized spacial score (nSPS) is 21.7. The fraction of sp³-hybridized carbons (Fsp3) is 0.385. The first-order valence-corrected chi connectivity index (χ1v) is 6.13. The van der Waals surface area contributed by atoms with Crippen molar-refractivity contribution in [1.82, 2.24) is 5.43 Å². The van der Waals surface area contributed by atoms with Gasteiger partial charge in [0.25, 0.3) is 0 Å². The number of nitrogens with two attached hydrogens (primary N) is 1. The second-order valence-electron chi connectivity index (χ2n) is 4.44. The predicted octanol–water partition coefficient (Wildman–Crippen LogP) is 1.49. The molecule has 2 atom stereocenters. The van der Waals surface area contributed by atoms with E-state index in [1.807, 2.05) is 0 Å². The van der Waals surface area contributed by atoms with Crippen molar-refractivity contribution in [3.63, 3.8) is 0 Å². The first kappa shape index (κ1) is 12.6. The lowest BCUT2D eigenvalue weighted by atomic mass is 10.1. The zero-order chi connectivity index (χ0) is 13.2. The van der Waals surface area contributed by atoms with Crippen molar-refractivity contribution >= 4 is 11.0 Å². The third-order valence-electron chi connectivity index (χ3n) is 3.21. The van der Waals surface area contributed by atoms with Gasteiger partial charge in [0, 0.05) is 5.39 Å². The first-order chi connectivity index (χ1) is 9.29. The topological polar surface area (TPSA) is 69.7 Å². The highest BCUT2D eigenvalue weighted by molar-refractivity contribution is 5.78. The summed E-state index contributed by atoms with van der Waals surface area (Å²) in [7, 11) is 0. The Balaban J connectivity index is 1.94. The van der Waals surface area contributed by atoms with Gasteiger partial charge in [0.05, 0.1) is 19.8 Å². The number of furan rings is 1. The molecule has 102 valence electrons. The highest BCUT2D eigenvalue weighted by Crippen LogP contribution is 2.28. The summed E-state index contributed by atoms with van der Waals surface area (Å²) in [5, 5.41) is 0.701. The Morgan fingerprint density at radius 1 is 1.37 bits per heavy atom. The molecule has 0 spiro atoms. The molecular formula is C13H15FN2O3. The number of ether oxygens (including phenoxy) is 2. The first-order valence-electron chi connectivity index (χ1n) is 6.13. The predicted molar refractivity (Wildman–Crippen MR) is 66.8 cm³/mol. The van der Waals surface area contributed by atoms with Crippen LogP contribution in [0.1, 0.15) is 11.8 Å². The van der Waals surface area contributed by atoms with Gasteiger partial charge in [-0.25, -0.2) is 9.82 Å². The summed E-state index contributed by atoms with van der Waals surface area (Å²) >= 11 is 0. The average molecular weight is 266 g/mol. The molecule has 1 saturated heterocycles. The van der Waals surface area contributed by atoms with Gasteiger partial charge in [0.1, 0.15) is 17.9 Å². The van der Waals surface area contributed by atoms with Crippen molar-refractivity contribution < 1.29 is 18.3 Å². The van der Waals surface area contributed by atoms with Gasteiger partial charge in [-0.05, 0) is 12.1 Å². The molecule has 2 aromatic rings. The van der Waals surface area contributed by atoms with E-state index in [2.05, 4.69) is 5.43 Å². The fourth-order valence-electron chi connectivity index (χ4n) is 2.27. The van der Waals surface area contributed by atoms with Crippen LogP contribution in [-0.4, -0.2) is 25.9 Å². The van der Waals surface area contributed by atoms with Gasteiger partial charge in [-0.2, -0.15) is 0 Å². The second-order valence-corrected chi connectivity index (χ2v) is 4.44. The summed E-state index contributed by atoms with van der Waals surface area (Å²) in [5.41, 5.74) is 2.88. The number of hydrazine groups is 1. The summed E-state index contributed by atoms with van der Waals surface area (Å²) in [6, 6.07) is 6.19. The number of benzene rings is 1. The van der Waals surface area contributed by atoms with Crippen molar-refractivity contribution in [3.8, 4) is 0 Å². The molecule has 1 fully saturated rings. The molecule has 0 bridgehead atoms. The molecule has 3 rings (SSSR count). The molecule has 2 heterocycles. The molecule has 19 heavy (non-hydrogen) atoms. The summed E-state index contributed by atoms with van der Waals surface area (Å²) < 4.78 is 30.1. The monoisotopic (exact) mass is 266 g/mol. The molecule has 1 aliphatic heterocycles. The molecular weight excluding hydrogens is 251 g/mol. The number of rotatable bonds is 3. The van der Waals surface area contributed by atoms with Crippen LogP contribution in [0.5, 0.6) is 0 Å². The lowest BCUT2D eigenvalue weighted by Crippen LogP contribution is -2.43. The van der Waals surface area contributed by atoms with Gasteiger partial charge in [0.15, 0.2) is 11.4 Å². The van der Waals surface area contributed by atoms with Gasteiger partial charge < -0.3 is 13.9 Å². The van der Waals surface area contributed by atoms with Gasteiger partial charge in [-0.15, -0.1) is 0 Å². The SMILES string of the molecule is NNC(c1cc2cccc(F)c2o1)C1COCCO1. The van der Waals surface area contributed by atoms with Gasteiger partial charge in [-0.3, -0.25) is 5.84 Å². The maximum absolute atomic E-state index is 13.6. The molecule has 5 nitrogen and oxygen atoms in total. The smallest absolute Gasteiger partial charge is 0.169 e. The summed E-state index contributed by atoms with van der Waals surface area (Å²) in [5.74, 6) is 5.71. The van der Waals surface area contributed by atoms with Crippen molar-refractivity contribution in [2.45, 2.75) is 12.1 Å². The molecule has 0 aliphatic carbocycles. The van der Waals surface area contributed by atoms with Crippen LogP contribution in [0, 0.1) is 5.82 Å². The van der Waals surface area contributed by atoms with Crippen LogP contribution < -0.4 is 11.3 Å². The molecule has 1 aromatic heterocycles. The van der Waals surface area contributed by atoms with E-state index in [0.717, 1.165) is 0 Å². The van der Waals surface area contributed by atoms with E-state index in [0.29, 0.717) is 31.0 Å². The Hall–Kier alpha value is -1.47. The average Bonchev–Trinajstić information content (AvgIpc) is 2.86. The van der Waals surface area contributed by atoms with Gasteiger partial charge >= 0.3 is 0 Å². The van der Waals surface area contributed by atoms with Crippen molar-refractivity contribution in [2.24, 2.45) is 5.84 Å². The number of para-hydroxylation sites is 1. The van der Waals surface area contributed by atoms with Crippen LogP contribution in [0.4, 0.5) is 4.39 Å². The molecule has 1 aliphatic rings. The maximum atomic E-state index is 13.6. The van der Waals surface area contributed by atoms with Crippen molar-refractivity contribution in [2.75, 3.05) is 19.8 Å². The zero-order valence-electron chi connectivity index (χ0n) is 10.3. The lowest BCUT2D eigenvalue weighted by Gasteiger charge is -2.28. The Labute approximate surface area is 109 Å². The van der Waals surface area contributed by atoms with Crippen LogP contribution in [-0.2, 0) is 9.47 Å². The number of hydrogen-bond donors (Lipinski definition) is 2. The van der Waals surface area contributed by atoms with E-state index >= 15 is 0 Å². The van der Waals surface area contributed by atoms with E-state index in [4.69, 9.17) is 19.7 Å². The van der Waals surface area contributed by atoms with E-state index < -0.39 is 0 Å². The Kier molecular flexibility index (Phi) is 3.48. The summed E-state index contributed by atoms with van der Waals surface area (Å²) in [4.78, 5) is 0. The number of hydrogen-bond acceptors (Lipinski definition) is 5. The van der Waals surface area contributed by atoms with Crippen LogP contribution in [0.25, 0.3) is 11.0 Å². The fourth-order valence-corrected chi connectivity index (χ4v) is 2.27. The van der Waals surface area contributed by atoms with E-state index in [9.17, 15) is 4.39 Å². The zero-order valence-corrected chi connectivity index (χ0v) is 10.3. The number of fused-ring (bicyclic) bond motifs is 1. The molecule has 0 saturated carbocycles. The minimum absolute atomic E-state index is 0.231. The third-order valence-corrected chi connectivity index (χ3v) is 3.21. The van der Waals surface area contributed by atoms with Crippen LogP contribution in [0.15, 0.2) is 28.7 Å². The van der Waals surface area contributed by atoms with Crippen molar-refractivity contribution in [3.05, 3.63) is 35.8 Å². The Bertz CT molecular complexity index is 566. The molecule has 2 unspecified atom stereocenters. The van der Waals surface area contributed by atoms with Crippen LogP contribution in [0.3, 0.4) is 0 Å². The molecule has 0 radical (unpaired) electrons.